The van der Waals surface area contributed by atoms with Crippen LogP contribution in [0.1, 0.15) is 15.2 Å². The SMILES string of the molecule is Cc1ccc(F)cc1NC(=O)c1sc2nnccc2c1N. The maximum atomic E-state index is 13.3. The zero-order valence-corrected chi connectivity index (χ0v) is 11.9. The molecule has 1 amide bonds. The molecule has 0 aliphatic carbocycles. The fourth-order valence-corrected chi connectivity index (χ4v) is 2.88. The third-order valence-electron chi connectivity index (χ3n) is 3.07. The average Bonchev–Trinajstić information content (AvgIpc) is 2.81. The Hall–Kier alpha value is -2.54. The number of nitrogens with one attached hydrogen (secondary N) is 1. The first-order valence-electron chi connectivity index (χ1n) is 6.13. The first-order valence-corrected chi connectivity index (χ1v) is 6.95. The van der Waals surface area contributed by atoms with Gasteiger partial charge in [-0.25, -0.2) is 4.39 Å². The quantitative estimate of drug-likeness (QED) is 0.762. The van der Waals surface area contributed by atoms with Crippen LogP contribution < -0.4 is 11.1 Å². The molecule has 3 aromatic rings. The molecule has 0 aliphatic heterocycles. The van der Waals surface area contributed by atoms with Crippen molar-refractivity contribution in [3.8, 4) is 0 Å². The van der Waals surface area contributed by atoms with Crippen molar-refractivity contribution in [1.82, 2.24) is 10.2 Å². The molecule has 0 saturated carbocycles. The summed E-state index contributed by atoms with van der Waals surface area (Å²) in [6.45, 7) is 1.79. The van der Waals surface area contributed by atoms with Crippen LogP contribution >= 0.6 is 11.3 Å². The molecule has 0 spiro atoms. The summed E-state index contributed by atoms with van der Waals surface area (Å²) in [5, 5.41) is 11.1. The van der Waals surface area contributed by atoms with Gasteiger partial charge in [-0.1, -0.05) is 6.07 Å². The number of rotatable bonds is 2. The van der Waals surface area contributed by atoms with Gasteiger partial charge in [0.15, 0.2) is 0 Å². The van der Waals surface area contributed by atoms with E-state index >= 15 is 0 Å². The Morgan fingerprint density at radius 2 is 2.19 bits per heavy atom. The number of thiophene rings is 1. The van der Waals surface area contributed by atoms with E-state index in [1.807, 2.05) is 0 Å². The number of nitrogens with two attached hydrogens (primary N) is 1. The van der Waals surface area contributed by atoms with Crippen LogP contribution in [0, 0.1) is 12.7 Å². The highest BCUT2D eigenvalue weighted by molar-refractivity contribution is 7.21. The summed E-state index contributed by atoms with van der Waals surface area (Å²) < 4.78 is 13.3. The largest absolute Gasteiger partial charge is 0.397 e. The molecule has 7 heteroatoms. The molecule has 5 nitrogen and oxygen atoms in total. The number of hydrogen-bond donors (Lipinski definition) is 2. The predicted octanol–water partition coefficient (Wildman–Crippen LogP) is 2.97. The Kier molecular flexibility index (Phi) is 3.26. The van der Waals surface area contributed by atoms with E-state index in [2.05, 4.69) is 15.5 Å². The van der Waals surface area contributed by atoms with Crippen molar-refractivity contribution in [3.05, 3.63) is 46.7 Å². The zero-order chi connectivity index (χ0) is 15.0. The number of amides is 1. The van der Waals surface area contributed by atoms with Crippen LogP contribution in [0.15, 0.2) is 30.5 Å². The van der Waals surface area contributed by atoms with E-state index in [0.29, 0.717) is 26.5 Å². The van der Waals surface area contributed by atoms with Crippen LogP contribution in [0.5, 0.6) is 0 Å². The van der Waals surface area contributed by atoms with Crippen molar-refractivity contribution in [2.75, 3.05) is 11.1 Å². The maximum absolute atomic E-state index is 13.3. The number of carbonyl (C=O) groups is 1. The van der Waals surface area contributed by atoms with Crippen LogP contribution in [0.2, 0.25) is 0 Å². The van der Waals surface area contributed by atoms with E-state index in [1.54, 1.807) is 19.1 Å². The summed E-state index contributed by atoms with van der Waals surface area (Å²) in [5.74, 6) is -0.796. The number of carbonyl (C=O) groups excluding carboxylic acids is 1. The molecule has 0 aliphatic rings. The minimum absolute atomic E-state index is 0.342. The lowest BCUT2D eigenvalue weighted by Crippen LogP contribution is -2.13. The van der Waals surface area contributed by atoms with Crippen molar-refractivity contribution >= 4 is 38.8 Å². The maximum Gasteiger partial charge on any atom is 0.267 e. The summed E-state index contributed by atoms with van der Waals surface area (Å²) in [4.78, 5) is 13.3. The van der Waals surface area contributed by atoms with Crippen LogP contribution in [0.4, 0.5) is 15.8 Å². The highest BCUT2D eigenvalue weighted by Gasteiger charge is 2.18. The monoisotopic (exact) mass is 302 g/mol. The van der Waals surface area contributed by atoms with Gasteiger partial charge in [0.25, 0.3) is 5.91 Å². The molecule has 2 aromatic heterocycles. The minimum atomic E-state index is -0.411. The molecule has 2 heterocycles. The minimum Gasteiger partial charge on any atom is -0.397 e. The lowest BCUT2D eigenvalue weighted by Gasteiger charge is -2.07. The summed E-state index contributed by atoms with van der Waals surface area (Å²) in [5.41, 5.74) is 7.51. The fourth-order valence-electron chi connectivity index (χ4n) is 1.95. The van der Waals surface area contributed by atoms with Gasteiger partial charge in [-0.15, -0.1) is 16.4 Å². The van der Waals surface area contributed by atoms with Crippen LogP contribution in [-0.4, -0.2) is 16.1 Å². The topological polar surface area (TPSA) is 80.9 Å². The number of benzene rings is 1. The van der Waals surface area contributed by atoms with Gasteiger partial charge in [-0.2, -0.15) is 5.10 Å². The van der Waals surface area contributed by atoms with Gasteiger partial charge >= 0.3 is 0 Å². The molecule has 1 aromatic carbocycles. The van der Waals surface area contributed by atoms with Crippen molar-refractivity contribution in [3.63, 3.8) is 0 Å². The molecule has 0 bridgehead atoms. The number of aryl methyl sites for hydroxylation is 1. The zero-order valence-electron chi connectivity index (χ0n) is 11.1. The van der Waals surface area contributed by atoms with Crippen LogP contribution in [0.25, 0.3) is 10.2 Å². The van der Waals surface area contributed by atoms with Gasteiger partial charge in [-0.05, 0) is 30.7 Å². The van der Waals surface area contributed by atoms with Crippen LogP contribution in [0.3, 0.4) is 0 Å². The summed E-state index contributed by atoms with van der Waals surface area (Å²) >= 11 is 1.16. The molecule has 0 unspecified atom stereocenters. The van der Waals surface area contributed by atoms with Gasteiger partial charge < -0.3 is 11.1 Å². The number of halogens is 1. The Labute approximate surface area is 123 Å². The Morgan fingerprint density at radius 3 is 2.95 bits per heavy atom. The predicted molar refractivity (Wildman–Crippen MR) is 80.9 cm³/mol. The second-order valence-electron chi connectivity index (χ2n) is 4.51. The average molecular weight is 302 g/mol. The molecule has 0 radical (unpaired) electrons. The lowest BCUT2D eigenvalue weighted by molar-refractivity contribution is 0.103. The van der Waals surface area contributed by atoms with Crippen molar-refractivity contribution in [2.45, 2.75) is 6.92 Å². The van der Waals surface area contributed by atoms with Crippen molar-refractivity contribution in [1.29, 1.82) is 0 Å². The number of anilines is 2. The molecule has 0 saturated heterocycles. The van der Waals surface area contributed by atoms with Gasteiger partial charge in [0, 0.05) is 11.1 Å². The fraction of sp³-hybridized carbons (Fsp3) is 0.0714. The van der Waals surface area contributed by atoms with E-state index in [9.17, 15) is 9.18 Å². The van der Waals surface area contributed by atoms with Crippen molar-refractivity contribution < 1.29 is 9.18 Å². The Balaban J connectivity index is 1.97. The van der Waals surface area contributed by atoms with E-state index in [4.69, 9.17) is 5.73 Å². The Morgan fingerprint density at radius 1 is 1.38 bits per heavy atom. The normalized spacial score (nSPS) is 10.8. The van der Waals surface area contributed by atoms with E-state index in [1.165, 1.54) is 18.3 Å². The first kappa shape index (κ1) is 13.4. The van der Waals surface area contributed by atoms with Gasteiger partial charge in [-0.3, -0.25) is 4.79 Å². The molecular formula is C14H11FN4OS. The third kappa shape index (κ3) is 2.43. The number of hydrogen-bond acceptors (Lipinski definition) is 5. The highest BCUT2D eigenvalue weighted by atomic mass is 32.1. The molecular weight excluding hydrogens is 291 g/mol. The molecule has 3 rings (SSSR count). The molecule has 106 valence electrons. The summed E-state index contributed by atoms with van der Waals surface area (Å²) in [6.07, 6.45) is 1.52. The molecule has 21 heavy (non-hydrogen) atoms. The van der Waals surface area contributed by atoms with Gasteiger partial charge in [0.05, 0.1) is 11.9 Å². The van der Waals surface area contributed by atoms with Crippen LogP contribution in [-0.2, 0) is 0 Å². The Bertz CT molecular complexity index is 846. The van der Waals surface area contributed by atoms with E-state index < -0.39 is 5.82 Å². The standard InChI is InChI=1S/C14H11FN4OS/c1-7-2-3-8(15)6-10(7)18-13(20)12-11(16)9-4-5-17-19-14(9)21-12/h2-6H,16H2,1H3,(H,18,20). The number of nitrogen functional groups attached to an aromatic ring is 1. The van der Waals surface area contributed by atoms with Gasteiger partial charge in [0.1, 0.15) is 15.5 Å². The molecule has 0 atom stereocenters. The second kappa shape index (κ2) is 5.10. The van der Waals surface area contributed by atoms with E-state index in [-0.39, 0.29) is 5.91 Å². The molecule has 3 N–H and O–H groups in total. The smallest absolute Gasteiger partial charge is 0.267 e. The van der Waals surface area contributed by atoms with Crippen molar-refractivity contribution in [2.24, 2.45) is 0 Å². The second-order valence-corrected chi connectivity index (χ2v) is 5.51. The number of nitrogens with zero attached hydrogens (tertiary/aromatic N) is 2. The lowest BCUT2D eigenvalue weighted by atomic mass is 10.2. The number of fused-ring (bicyclic) bond motifs is 1. The highest BCUT2D eigenvalue weighted by Crippen LogP contribution is 2.32. The van der Waals surface area contributed by atoms with E-state index in [0.717, 1.165) is 16.9 Å². The molecule has 0 fully saturated rings. The third-order valence-corrected chi connectivity index (χ3v) is 4.18. The van der Waals surface area contributed by atoms with Gasteiger partial charge in [0.2, 0.25) is 0 Å². The summed E-state index contributed by atoms with van der Waals surface area (Å²) in [7, 11) is 0. The number of aromatic nitrogens is 2. The first-order chi connectivity index (χ1) is 10.1. The summed E-state index contributed by atoms with van der Waals surface area (Å²) in [6, 6.07) is 5.92.